The van der Waals surface area contributed by atoms with Crippen molar-refractivity contribution < 1.29 is 4.79 Å². The second-order valence-electron chi connectivity index (χ2n) is 5.54. The van der Waals surface area contributed by atoms with E-state index in [1.807, 2.05) is 30.3 Å². The molecule has 0 unspecified atom stereocenters. The molecule has 1 aliphatic carbocycles. The normalized spacial score (nSPS) is 13.7. The Labute approximate surface area is 130 Å². The zero-order valence-corrected chi connectivity index (χ0v) is 12.7. The second kappa shape index (κ2) is 6.56. The molecule has 1 heterocycles. The van der Waals surface area contributed by atoms with Gasteiger partial charge in [-0.25, -0.2) is 0 Å². The van der Waals surface area contributed by atoms with Crippen LogP contribution in [0.25, 0.3) is 0 Å². The van der Waals surface area contributed by atoms with Gasteiger partial charge in [0.15, 0.2) is 11.6 Å². The van der Waals surface area contributed by atoms with E-state index in [4.69, 9.17) is 0 Å². The number of anilines is 2. The Morgan fingerprint density at radius 3 is 2.55 bits per heavy atom. The molecule has 1 saturated carbocycles. The molecule has 1 N–H and O–H groups in total. The lowest BCUT2D eigenvalue weighted by Gasteiger charge is -2.21. The Balaban J connectivity index is 1.65. The van der Waals surface area contributed by atoms with Crippen LogP contribution in [-0.4, -0.2) is 22.6 Å². The molecule has 114 valence electrons. The van der Waals surface area contributed by atoms with Crippen LogP contribution in [0.4, 0.5) is 11.6 Å². The average Bonchev–Trinajstić information content (AvgIpc) is 3.39. The summed E-state index contributed by atoms with van der Waals surface area (Å²) in [5.41, 5.74) is 1.23. The summed E-state index contributed by atoms with van der Waals surface area (Å²) in [7, 11) is 0. The Kier molecular flexibility index (Phi) is 4.32. The van der Waals surface area contributed by atoms with Crippen molar-refractivity contribution in [3.05, 3.63) is 48.0 Å². The fourth-order valence-corrected chi connectivity index (χ4v) is 2.29. The summed E-state index contributed by atoms with van der Waals surface area (Å²) in [5, 5.41) is 11.2. The van der Waals surface area contributed by atoms with Gasteiger partial charge in [0.05, 0.1) is 0 Å². The highest BCUT2D eigenvalue weighted by Crippen LogP contribution is 2.29. The molecular formula is C17H20N4O. The molecule has 0 saturated heterocycles. The predicted octanol–water partition coefficient (Wildman–Crippen LogP) is 2.85. The van der Waals surface area contributed by atoms with E-state index in [0.717, 1.165) is 31.7 Å². The zero-order chi connectivity index (χ0) is 15.4. The molecule has 0 atom stereocenters. The summed E-state index contributed by atoms with van der Waals surface area (Å²) in [4.78, 5) is 13.8. The Morgan fingerprint density at radius 1 is 1.18 bits per heavy atom. The van der Waals surface area contributed by atoms with Gasteiger partial charge in [-0.1, -0.05) is 30.3 Å². The summed E-state index contributed by atoms with van der Waals surface area (Å²) in [6.45, 7) is 3.73. The minimum Gasteiger partial charge on any atom is -0.351 e. The van der Waals surface area contributed by atoms with Gasteiger partial charge in [-0.2, -0.15) is 0 Å². The first-order chi connectivity index (χ1) is 10.8. The summed E-state index contributed by atoms with van der Waals surface area (Å²) >= 11 is 0. The molecule has 0 spiro atoms. The molecule has 22 heavy (non-hydrogen) atoms. The maximum Gasteiger partial charge on any atom is 0.228 e. The highest BCUT2D eigenvalue weighted by atomic mass is 16.2. The smallest absolute Gasteiger partial charge is 0.228 e. The topological polar surface area (TPSA) is 58.1 Å². The zero-order valence-electron chi connectivity index (χ0n) is 12.7. The van der Waals surface area contributed by atoms with E-state index in [1.165, 1.54) is 5.56 Å². The quantitative estimate of drug-likeness (QED) is 0.890. The van der Waals surface area contributed by atoms with Crippen LogP contribution in [0, 0.1) is 5.92 Å². The third-order valence-electron chi connectivity index (χ3n) is 3.77. The first-order valence-corrected chi connectivity index (χ1v) is 7.69. The van der Waals surface area contributed by atoms with Crippen LogP contribution >= 0.6 is 0 Å². The molecule has 0 aliphatic heterocycles. The summed E-state index contributed by atoms with van der Waals surface area (Å²) in [6.07, 6.45) is 1.97. The van der Waals surface area contributed by atoms with Gasteiger partial charge in [0.25, 0.3) is 0 Å². The van der Waals surface area contributed by atoms with Gasteiger partial charge in [0.1, 0.15) is 0 Å². The molecule has 0 bridgehead atoms. The van der Waals surface area contributed by atoms with Crippen molar-refractivity contribution >= 4 is 17.5 Å². The second-order valence-corrected chi connectivity index (χ2v) is 5.54. The molecule has 5 heteroatoms. The monoisotopic (exact) mass is 296 g/mol. The number of rotatable bonds is 6. The largest absolute Gasteiger partial charge is 0.351 e. The van der Waals surface area contributed by atoms with Gasteiger partial charge >= 0.3 is 0 Å². The number of nitrogens with zero attached hydrogens (tertiary/aromatic N) is 3. The highest BCUT2D eigenvalue weighted by molar-refractivity contribution is 5.93. The number of carbonyl (C=O) groups excluding carboxylic acids is 1. The molecule has 2 aromatic rings. The maximum absolute atomic E-state index is 11.7. The molecule has 1 amide bonds. The predicted molar refractivity (Wildman–Crippen MR) is 86.6 cm³/mol. The first-order valence-electron chi connectivity index (χ1n) is 7.69. The highest BCUT2D eigenvalue weighted by Gasteiger charge is 2.29. The van der Waals surface area contributed by atoms with Gasteiger partial charge < -0.3 is 10.2 Å². The van der Waals surface area contributed by atoms with Crippen molar-refractivity contribution in [3.8, 4) is 0 Å². The lowest BCUT2D eigenvalue weighted by molar-refractivity contribution is -0.117. The van der Waals surface area contributed by atoms with Gasteiger partial charge in [0.2, 0.25) is 5.91 Å². The Hall–Kier alpha value is -2.43. The molecule has 1 fully saturated rings. The minimum absolute atomic E-state index is 0.0543. The van der Waals surface area contributed by atoms with Crippen molar-refractivity contribution in [2.24, 2.45) is 5.92 Å². The van der Waals surface area contributed by atoms with E-state index in [1.54, 1.807) is 0 Å². The molecule has 5 nitrogen and oxygen atoms in total. The van der Waals surface area contributed by atoms with Crippen LogP contribution < -0.4 is 10.2 Å². The van der Waals surface area contributed by atoms with Crippen LogP contribution in [0.3, 0.4) is 0 Å². The van der Waals surface area contributed by atoms with Gasteiger partial charge in [-0.15, -0.1) is 10.2 Å². The molecule has 1 aliphatic rings. The van der Waals surface area contributed by atoms with Crippen LogP contribution in [0.5, 0.6) is 0 Å². The lowest BCUT2D eigenvalue weighted by Crippen LogP contribution is -2.23. The van der Waals surface area contributed by atoms with Crippen LogP contribution in [0.2, 0.25) is 0 Å². The summed E-state index contributed by atoms with van der Waals surface area (Å²) < 4.78 is 0. The Bertz CT molecular complexity index is 623. The molecular weight excluding hydrogens is 276 g/mol. The van der Waals surface area contributed by atoms with Crippen molar-refractivity contribution in [1.82, 2.24) is 10.2 Å². The first kappa shape index (κ1) is 14.5. The fourth-order valence-electron chi connectivity index (χ4n) is 2.29. The third kappa shape index (κ3) is 3.61. The van der Waals surface area contributed by atoms with E-state index in [2.05, 4.69) is 39.5 Å². The van der Waals surface area contributed by atoms with Crippen molar-refractivity contribution in [2.45, 2.75) is 26.3 Å². The van der Waals surface area contributed by atoms with Crippen molar-refractivity contribution in [1.29, 1.82) is 0 Å². The van der Waals surface area contributed by atoms with E-state index in [-0.39, 0.29) is 11.8 Å². The Morgan fingerprint density at radius 2 is 1.95 bits per heavy atom. The van der Waals surface area contributed by atoms with Crippen molar-refractivity contribution in [3.63, 3.8) is 0 Å². The summed E-state index contributed by atoms with van der Waals surface area (Å²) in [5.74, 6) is 1.57. The molecule has 3 rings (SSSR count). The molecule has 0 radical (unpaired) electrons. The summed E-state index contributed by atoms with van der Waals surface area (Å²) in [6, 6.07) is 14.0. The number of hydrogen-bond acceptors (Lipinski definition) is 4. The van der Waals surface area contributed by atoms with Crippen molar-refractivity contribution in [2.75, 3.05) is 16.8 Å². The third-order valence-corrected chi connectivity index (χ3v) is 3.77. The van der Waals surface area contributed by atoms with Crippen LogP contribution in [-0.2, 0) is 11.3 Å². The van der Waals surface area contributed by atoms with E-state index >= 15 is 0 Å². The molecule has 1 aromatic carbocycles. The van der Waals surface area contributed by atoms with E-state index in [9.17, 15) is 4.79 Å². The number of aromatic nitrogens is 2. The van der Waals surface area contributed by atoms with Gasteiger partial charge in [-0.3, -0.25) is 4.79 Å². The number of nitrogens with one attached hydrogen (secondary N) is 1. The molecule has 1 aromatic heterocycles. The average molecular weight is 296 g/mol. The lowest BCUT2D eigenvalue weighted by atomic mass is 10.2. The van der Waals surface area contributed by atoms with E-state index in [0.29, 0.717) is 5.82 Å². The van der Waals surface area contributed by atoms with Gasteiger partial charge in [0, 0.05) is 19.0 Å². The number of benzene rings is 1. The SMILES string of the molecule is CCN(Cc1ccccc1)c1ccc(NC(=O)C2CC2)nn1. The van der Waals surface area contributed by atoms with E-state index < -0.39 is 0 Å². The maximum atomic E-state index is 11.7. The van der Waals surface area contributed by atoms with Crippen LogP contribution in [0.15, 0.2) is 42.5 Å². The van der Waals surface area contributed by atoms with Crippen LogP contribution in [0.1, 0.15) is 25.3 Å². The number of amides is 1. The standard InChI is InChI=1S/C17H20N4O/c1-2-21(12-13-6-4-3-5-7-13)16-11-10-15(19-20-16)18-17(22)14-8-9-14/h3-7,10-11,14H,2,8-9,12H2,1H3,(H,18,19,22). The number of hydrogen-bond donors (Lipinski definition) is 1. The minimum atomic E-state index is 0.0543. The fraction of sp³-hybridized carbons (Fsp3) is 0.353. The van der Waals surface area contributed by atoms with Gasteiger partial charge in [-0.05, 0) is 37.5 Å². The number of carbonyl (C=O) groups is 1.